The second-order valence-corrected chi connectivity index (χ2v) is 10.9. The lowest BCUT2D eigenvalue weighted by Gasteiger charge is -2.36. The van der Waals surface area contributed by atoms with Crippen LogP contribution in [-0.2, 0) is 4.74 Å². The van der Waals surface area contributed by atoms with Gasteiger partial charge in [0.15, 0.2) is 5.65 Å². The molecule has 9 nitrogen and oxygen atoms in total. The first kappa shape index (κ1) is 28.0. The van der Waals surface area contributed by atoms with Crippen LogP contribution in [0.4, 0.5) is 10.6 Å². The van der Waals surface area contributed by atoms with Gasteiger partial charge in [0.2, 0.25) is 0 Å². The normalized spacial score (nSPS) is 13.7. The number of rotatable bonds is 3. The highest BCUT2D eigenvalue weighted by atomic mass is 16.6. The standard InChI is InChI=1S/C30H31N7O2.C2H6/c1-20-15-24(23-7-5-6-8-26(23)34-20)25-18-33-37-19-22(17-32-28(25)37)21-9-10-27(31-16-21)35-11-13-36(14-12-35)29(38)39-30(2,3)4;1-2/h5-10,15-19H,11-14H2,1-4H3;1-2H3. The predicted molar refractivity (Wildman–Crippen MR) is 163 cm³/mol. The molecule has 1 aromatic carbocycles. The van der Waals surface area contributed by atoms with E-state index in [1.807, 2.05) is 95.1 Å². The molecule has 1 aliphatic rings. The third-order valence-electron chi connectivity index (χ3n) is 6.83. The van der Waals surface area contributed by atoms with Gasteiger partial charge in [-0.25, -0.2) is 19.3 Å². The molecule has 4 aromatic heterocycles. The van der Waals surface area contributed by atoms with Crippen molar-refractivity contribution in [2.75, 3.05) is 31.1 Å². The van der Waals surface area contributed by atoms with Crippen LogP contribution in [0.15, 0.2) is 67.3 Å². The molecular formula is C32H37N7O2. The van der Waals surface area contributed by atoms with E-state index in [0.29, 0.717) is 26.2 Å². The first-order valence-corrected chi connectivity index (χ1v) is 14.1. The molecule has 1 amide bonds. The van der Waals surface area contributed by atoms with Crippen molar-refractivity contribution in [3.63, 3.8) is 0 Å². The number of hydrogen-bond acceptors (Lipinski definition) is 7. The number of benzene rings is 1. The lowest BCUT2D eigenvalue weighted by atomic mass is 10.0. The van der Waals surface area contributed by atoms with Crippen LogP contribution in [0.25, 0.3) is 38.8 Å². The molecule has 0 saturated carbocycles. The van der Waals surface area contributed by atoms with E-state index in [1.165, 1.54) is 0 Å². The number of carbonyl (C=O) groups excluding carboxylic acids is 1. The average Bonchev–Trinajstić information content (AvgIpc) is 3.40. The van der Waals surface area contributed by atoms with Crippen LogP contribution >= 0.6 is 0 Å². The highest BCUT2D eigenvalue weighted by molar-refractivity contribution is 5.98. The maximum absolute atomic E-state index is 12.4. The van der Waals surface area contributed by atoms with E-state index in [4.69, 9.17) is 14.7 Å². The van der Waals surface area contributed by atoms with E-state index in [-0.39, 0.29) is 6.09 Å². The number of nitrogens with zero attached hydrogens (tertiary/aromatic N) is 7. The predicted octanol–water partition coefficient (Wildman–Crippen LogP) is 6.40. The number of aryl methyl sites for hydroxylation is 1. The van der Waals surface area contributed by atoms with Gasteiger partial charge in [-0.3, -0.25) is 4.98 Å². The SMILES string of the molecule is CC.Cc1cc(-c2cnn3cc(-c4ccc(N5CCN(C(=O)OC(C)(C)C)CC5)nc4)cnc23)c2ccccc2n1. The summed E-state index contributed by atoms with van der Waals surface area (Å²) in [5.41, 5.74) is 6.16. The summed E-state index contributed by atoms with van der Waals surface area (Å²) in [5, 5.41) is 5.69. The third kappa shape index (κ3) is 5.99. The van der Waals surface area contributed by atoms with E-state index in [1.54, 1.807) is 4.90 Å². The molecule has 9 heteroatoms. The van der Waals surface area contributed by atoms with Crippen LogP contribution in [0, 0.1) is 6.92 Å². The van der Waals surface area contributed by atoms with Crippen LogP contribution in [0.5, 0.6) is 0 Å². The molecule has 0 radical (unpaired) electrons. The number of carbonyl (C=O) groups is 1. The van der Waals surface area contributed by atoms with Crippen LogP contribution in [0.2, 0.25) is 0 Å². The maximum Gasteiger partial charge on any atom is 0.410 e. The molecule has 6 rings (SSSR count). The van der Waals surface area contributed by atoms with E-state index < -0.39 is 5.60 Å². The van der Waals surface area contributed by atoms with Crippen molar-refractivity contribution in [1.29, 1.82) is 0 Å². The molecule has 0 bridgehead atoms. The summed E-state index contributed by atoms with van der Waals surface area (Å²) in [6.07, 6.45) is 7.32. The van der Waals surface area contributed by atoms with E-state index >= 15 is 0 Å². The molecule has 5 aromatic rings. The zero-order valence-electron chi connectivity index (χ0n) is 24.6. The van der Waals surface area contributed by atoms with Crippen molar-refractivity contribution < 1.29 is 9.53 Å². The average molecular weight is 552 g/mol. The Balaban J connectivity index is 0.00000165. The maximum atomic E-state index is 12.4. The smallest absolute Gasteiger partial charge is 0.410 e. The fraction of sp³-hybridized carbons (Fsp3) is 0.344. The largest absolute Gasteiger partial charge is 0.444 e. The molecule has 0 unspecified atom stereocenters. The highest BCUT2D eigenvalue weighted by Gasteiger charge is 2.26. The number of anilines is 1. The molecular weight excluding hydrogens is 514 g/mol. The van der Waals surface area contributed by atoms with Crippen molar-refractivity contribution in [1.82, 2.24) is 29.5 Å². The number of hydrogen-bond donors (Lipinski definition) is 0. The Morgan fingerprint density at radius 1 is 0.878 bits per heavy atom. The van der Waals surface area contributed by atoms with Crippen LogP contribution < -0.4 is 4.90 Å². The number of pyridine rings is 2. The zero-order valence-corrected chi connectivity index (χ0v) is 24.6. The second kappa shape index (κ2) is 11.5. The molecule has 5 heterocycles. The summed E-state index contributed by atoms with van der Waals surface area (Å²) in [7, 11) is 0. The minimum atomic E-state index is -0.492. The quantitative estimate of drug-likeness (QED) is 0.256. The van der Waals surface area contributed by atoms with Gasteiger partial charge in [0.25, 0.3) is 0 Å². The van der Waals surface area contributed by atoms with Gasteiger partial charge in [0, 0.05) is 72.5 Å². The minimum Gasteiger partial charge on any atom is -0.444 e. The molecule has 0 spiro atoms. The summed E-state index contributed by atoms with van der Waals surface area (Å²) in [6, 6.07) is 14.3. The lowest BCUT2D eigenvalue weighted by molar-refractivity contribution is 0.0240. The second-order valence-electron chi connectivity index (χ2n) is 10.9. The first-order chi connectivity index (χ1) is 19.7. The van der Waals surface area contributed by atoms with Gasteiger partial charge in [-0.05, 0) is 57.5 Å². The number of aromatic nitrogens is 5. The number of amides is 1. The molecule has 41 heavy (non-hydrogen) atoms. The van der Waals surface area contributed by atoms with Crippen LogP contribution in [-0.4, -0.2) is 67.3 Å². The van der Waals surface area contributed by atoms with Gasteiger partial charge in [-0.2, -0.15) is 5.10 Å². The minimum absolute atomic E-state index is 0.262. The van der Waals surface area contributed by atoms with Crippen molar-refractivity contribution in [2.24, 2.45) is 0 Å². The molecule has 212 valence electrons. The fourth-order valence-electron chi connectivity index (χ4n) is 4.93. The number of ether oxygens (including phenoxy) is 1. The van der Waals surface area contributed by atoms with Crippen molar-refractivity contribution in [3.8, 4) is 22.3 Å². The fourth-order valence-corrected chi connectivity index (χ4v) is 4.93. The summed E-state index contributed by atoms with van der Waals surface area (Å²) < 4.78 is 7.32. The molecule has 1 fully saturated rings. The topological polar surface area (TPSA) is 88.8 Å². The van der Waals surface area contributed by atoms with Gasteiger partial charge in [0.1, 0.15) is 11.4 Å². The Labute approximate surface area is 240 Å². The number of piperazine rings is 1. The molecule has 1 aliphatic heterocycles. The first-order valence-electron chi connectivity index (χ1n) is 14.1. The summed E-state index contributed by atoms with van der Waals surface area (Å²) in [4.78, 5) is 30.5. The van der Waals surface area contributed by atoms with Crippen molar-refractivity contribution >= 4 is 28.5 Å². The third-order valence-corrected chi connectivity index (χ3v) is 6.83. The lowest BCUT2D eigenvalue weighted by Crippen LogP contribution is -2.50. The summed E-state index contributed by atoms with van der Waals surface area (Å²) >= 11 is 0. The Bertz CT molecular complexity index is 1660. The summed E-state index contributed by atoms with van der Waals surface area (Å²) in [5.74, 6) is 0.887. The van der Waals surface area contributed by atoms with Gasteiger partial charge in [-0.1, -0.05) is 32.0 Å². The Hall–Kier alpha value is -4.53. The number of para-hydroxylation sites is 1. The van der Waals surface area contributed by atoms with Crippen molar-refractivity contribution in [3.05, 3.63) is 72.9 Å². The molecule has 0 N–H and O–H groups in total. The zero-order chi connectivity index (χ0) is 29.1. The van der Waals surface area contributed by atoms with E-state index in [2.05, 4.69) is 33.2 Å². The molecule has 1 saturated heterocycles. The monoisotopic (exact) mass is 551 g/mol. The molecule has 0 aliphatic carbocycles. The van der Waals surface area contributed by atoms with Crippen LogP contribution in [0.1, 0.15) is 40.3 Å². The Morgan fingerprint density at radius 3 is 2.32 bits per heavy atom. The Morgan fingerprint density at radius 2 is 1.61 bits per heavy atom. The number of fused-ring (bicyclic) bond motifs is 2. The highest BCUT2D eigenvalue weighted by Crippen LogP contribution is 2.31. The van der Waals surface area contributed by atoms with E-state index in [0.717, 1.165) is 50.3 Å². The van der Waals surface area contributed by atoms with Crippen molar-refractivity contribution in [2.45, 2.75) is 47.1 Å². The summed E-state index contributed by atoms with van der Waals surface area (Å²) in [6.45, 7) is 14.3. The van der Waals surface area contributed by atoms with Gasteiger partial charge in [-0.15, -0.1) is 0 Å². The van der Waals surface area contributed by atoms with Gasteiger partial charge < -0.3 is 14.5 Å². The van der Waals surface area contributed by atoms with E-state index in [9.17, 15) is 4.79 Å². The Kier molecular flexibility index (Phi) is 7.88. The molecule has 0 atom stereocenters. The van der Waals surface area contributed by atoms with Crippen LogP contribution in [0.3, 0.4) is 0 Å². The van der Waals surface area contributed by atoms with Gasteiger partial charge >= 0.3 is 6.09 Å². The van der Waals surface area contributed by atoms with Gasteiger partial charge in [0.05, 0.1) is 11.7 Å².